The number of nitrogens with zero attached hydrogens (tertiary/aromatic N) is 1. The fraction of sp³-hybridized carbons (Fsp3) is 0.464. The maximum atomic E-state index is 13.9. The van der Waals surface area contributed by atoms with Gasteiger partial charge in [0.25, 0.3) is 5.91 Å². The number of carbonyl (C=O) groups is 3. The van der Waals surface area contributed by atoms with E-state index in [0.29, 0.717) is 5.56 Å². The molecule has 0 bridgehead atoms. The average molecular weight is 512 g/mol. The van der Waals surface area contributed by atoms with Gasteiger partial charge < -0.3 is 20.3 Å². The monoisotopic (exact) mass is 511 g/mol. The van der Waals surface area contributed by atoms with E-state index in [4.69, 9.17) is 4.74 Å². The molecular weight excluding hydrogens is 474 g/mol. The van der Waals surface area contributed by atoms with Gasteiger partial charge in [0.1, 0.15) is 17.7 Å². The molecule has 1 saturated carbocycles. The van der Waals surface area contributed by atoms with Gasteiger partial charge in [0, 0.05) is 17.5 Å². The summed E-state index contributed by atoms with van der Waals surface area (Å²) in [5.74, 6) is -0.588. The van der Waals surface area contributed by atoms with Gasteiger partial charge in [-0.2, -0.15) is 12.6 Å². The van der Waals surface area contributed by atoms with Gasteiger partial charge >= 0.3 is 6.09 Å². The first-order valence-corrected chi connectivity index (χ1v) is 12.9. The van der Waals surface area contributed by atoms with E-state index in [9.17, 15) is 14.4 Å². The first-order chi connectivity index (χ1) is 16.9. The highest BCUT2D eigenvalue weighted by atomic mass is 32.1. The Morgan fingerprint density at radius 3 is 2.19 bits per heavy atom. The van der Waals surface area contributed by atoms with Gasteiger partial charge in [-0.15, -0.1) is 0 Å². The van der Waals surface area contributed by atoms with Crippen LogP contribution >= 0.6 is 12.6 Å². The number of alkyl carbamates (subject to hydrolysis) is 1. The van der Waals surface area contributed by atoms with Crippen LogP contribution in [0, 0.1) is 20.8 Å². The summed E-state index contributed by atoms with van der Waals surface area (Å²) in [6.45, 7) is 11.1. The summed E-state index contributed by atoms with van der Waals surface area (Å²) in [4.78, 5) is 41.8. The fourth-order valence-corrected chi connectivity index (χ4v) is 4.42. The van der Waals surface area contributed by atoms with Crippen molar-refractivity contribution in [1.29, 1.82) is 0 Å². The third kappa shape index (κ3) is 7.03. The second-order valence-corrected chi connectivity index (χ2v) is 10.8. The van der Waals surface area contributed by atoms with Crippen molar-refractivity contribution >= 4 is 36.2 Å². The zero-order valence-corrected chi connectivity index (χ0v) is 22.8. The van der Waals surface area contributed by atoms with Crippen LogP contribution in [0.15, 0.2) is 42.5 Å². The molecule has 8 heteroatoms. The molecule has 194 valence electrons. The summed E-state index contributed by atoms with van der Waals surface area (Å²) in [7, 11) is 0. The van der Waals surface area contributed by atoms with Crippen molar-refractivity contribution < 1.29 is 19.1 Å². The normalized spacial score (nSPS) is 15.0. The average Bonchev–Trinajstić information content (AvgIpc) is 3.61. The van der Waals surface area contributed by atoms with E-state index >= 15 is 0 Å². The summed E-state index contributed by atoms with van der Waals surface area (Å²) in [6.07, 6.45) is 0.880. The molecule has 2 aromatic carbocycles. The van der Waals surface area contributed by atoms with Crippen LogP contribution in [0.25, 0.3) is 0 Å². The Morgan fingerprint density at radius 2 is 1.67 bits per heavy atom. The Labute approximate surface area is 219 Å². The van der Waals surface area contributed by atoms with E-state index < -0.39 is 23.8 Å². The molecule has 0 aromatic heterocycles. The Bertz CT molecular complexity index is 1100. The van der Waals surface area contributed by atoms with Gasteiger partial charge in [-0.1, -0.05) is 48.0 Å². The number of aryl methyl sites for hydroxylation is 3. The Balaban J connectivity index is 1.98. The maximum Gasteiger partial charge on any atom is 0.408 e. The molecule has 2 atom stereocenters. The Morgan fingerprint density at radius 1 is 1.06 bits per heavy atom. The molecule has 7 nitrogen and oxygen atoms in total. The molecule has 0 spiro atoms. The molecule has 1 aliphatic rings. The number of nitrogens with one attached hydrogen (secondary N) is 2. The standard InChI is InChI=1S/C28H37N3O4S/c1-17-9-7-12-20(15-17)24(25(32)30-23-18(2)10-8-11-19(23)3)31(21-13-14-21)26(33)22(16-36)29-27(34)35-28(4,5)6/h7-12,15,21-22,24,36H,13-14,16H2,1-6H3,(H,29,34)(H,30,32). The van der Waals surface area contributed by atoms with Crippen molar-refractivity contribution in [3.05, 3.63) is 64.7 Å². The highest BCUT2D eigenvalue weighted by molar-refractivity contribution is 7.80. The van der Waals surface area contributed by atoms with E-state index in [0.717, 1.165) is 35.2 Å². The number of amides is 3. The third-order valence-electron chi connectivity index (χ3n) is 5.98. The van der Waals surface area contributed by atoms with Gasteiger partial charge in [-0.25, -0.2) is 4.79 Å². The lowest BCUT2D eigenvalue weighted by Crippen LogP contribution is -2.54. The Hall–Kier alpha value is -3.00. The topological polar surface area (TPSA) is 87.7 Å². The van der Waals surface area contributed by atoms with Crippen molar-refractivity contribution in [2.24, 2.45) is 0 Å². The second kappa shape index (κ2) is 11.4. The number of rotatable bonds is 8. The number of hydrogen-bond donors (Lipinski definition) is 3. The molecule has 1 aliphatic carbocycles. The van der Waals surface area contributed by atoms with Crippen LogP contribution in [0.4, 0.5) is 10.5 Å². The number of anilines is 1. The third-order valence-corrected chi connectivity index (χ3v) is 6.35. The number of para-hydroxylation sites is 1. The fourth-order valence-electron chi connectivity index (χ4n) is 4.17. The number of benzene rings is 2. The highest BCUT2D eigenvalue weighted by Crippen LogP contribution is 2.37. The van der Waals surface area contributed by atoms with E-state index in [-0.39, 0.29) is 23.6 Å². The molecule has 2 N–H and O–H groups in total. The van der Waals surface area contributed by atoms with E-state index in [2.05, 4.69) is 23.3 Å². The number of hydrogen-bond acceptors (Lipinski definition) is 5. The molecule has 0 heterocycles. The molecule has 0 radical (unpaired) electrons. The minimum Gasteiger partial charge on any atom is -0.444 e. The maximum absolute atomic E-state index is 13.9. The van der Waals surface area contributed by atoms with E-state index in [1.165, 1.54) is 0 Å². The predicted octanol–water partition coefficient (Wildman–Crippen LogP) is 5.11. The van der Waals surface area contributed by atoms with Crippen LogP contribution in [-0.4, -0.2) is 46.2 Å². The van der Waals surface area contributed by atoms with Gasteiger partial charge in [0.05, 0.1) is 0 Å². The summed E-state index contributed by atoms with van der Waals surface area (Å²) in [5, 5.41) is 5.73. The van der Waals surface area contributed by atoms with Gasteiger partial charge in [0.15, 0.2) is 0 Å². The van der Waals surface area contributed by atoms with Crippen LogP contribution in [0.3, 0.4) is 0 Å². The molecule has 3 rings (SSSR count). The summed E-state index contributed by atoms with van der Waals surface area (Å²) < 4.78 is 5.36. The summed E-state index contributed by atoms with van der Waals surface area (Å²) in [5.41, 5.74) is 3.61. The molecule has 2 unspecified atom stereocenters. The Kier molecular flexibility index (Phi) is 8.71. The van der Waals surface area contributed by atoms with Crippen LogP contribution < -0.4 is 10.6 Å². The zero-order valence-electron chi connectivity index (χ0n) is 21.9. The molecule has 2 aromatic rings. The van der Waals surface area contributed by atoms with Crippen LogP contribution in [0.5, 0.6) is 0 Å². The largest absolute Gasteiger partial charge is 0.444 e. The van der Waals surface area contributed by atoms with Gasteiger partial charge in [-0.3, -0.25) is 9.59 Å². The van der Waals surface area contributed by atoms with Crippen molar-refractivity contribution in [2.45, 2.75) is 78.1 Å². The smallest absolute Gasteiger partial charge is 0.408 e. The molecular formula is C28H37N3O4S. The molecule has 3 amide bonds. The van der Waals surface area contributed by atoms with Crippen LogP contribution in [0.1, 0.15) is 61.9 Å². The van der Waals surface area contributed by atoms with Gasteiger partial charge in [-0.05, 0) is 71.1 Å². The molecule has 0 aliphatic heterocycles. The number of carbonyl (C=O) groups excluding carboxylic acids is 3. The van der Waals surface area contributed by atoms with Crippen molar-refractivity contribution in [3.8, 4) is 0 Å². The number of thiol groups is 1. The first kappa shape index (κ1) is 27.6. The summed E-state index contributed by atoms with van der Waals surface area (Å²) >= 11 is 4.34. The van der Waals surface area contributed by atoms with Crippen molar-refractivity contribution in [3.63, 3.8) is 0 Å². The molecule has 36 heavy (non-hydrogen) atoms. The quantitative estimate of drug-likeness (QED) is 0.430. The van der Waals surface area contributed by atoms with Crippen LogP contribution in [0.2, 0.25) is 0 Å². The van der Waals surface area contributed by atoms with Crippen molar-refractivity contribution in [1.82, 2.24) is 10.2 Å². The van der Waals surface area contributed by atoms with Gasteiger partial charge in [0.2, 0.25) is 5.91 Å². The summed E-state index contributed by atoms with van der Waals surface area (Å²) in [6, 6.07) is 11.5. The lowest BCUT2D eigenvalue weighted by Gasteiger charge is -2.34. The SMILES string of the molecule is Cc1cccc(C(C(=O)Nc2c(C)cccc2C)N(C(=O)C(CS)NC(=O)OC(C)(C)C)C2CC2)c1. The molecule has 1 fully saturated rings. The van der Waals surface area contributed by atoms with Crippen molar-refractivity contribution in [2.75, 3.05) is 11.1 Å². The predicted molar refractivity (Wildman–Crippen MR) is 145 cm³/mol. The number of ether oxygens (including phenoxy) is 1. The molecule has 0 saturated heterocycles. The first-order valence-electron chi connectivity index (χ1n) is 12.3. The second-order valence-electron chi connectivity index (χ2n) is 10.4. The van der Waals surface area contributed by atoms with Crippen LogP contribution in [-0.2, 0) is 14.3 Å². The minimum absolute atomic E-state index is 0.0698. The minimum atomic E-state index is -0.941. The van der Waals surface area contributed by atoms with E-state index in [1.807, 2.05) is 63.2 Å². The van der Waals surface area contributed by atoms with E-state index in [1.54, 1.807) is 25.7 Å². The highest BCUT2D eigenvalue weighted by Gasteiger charge is 2.44. The zero-order chi connectivity index (χ0) is 26.6. The lowest BCUT2D eigenvalue weighted by atomic mass is 10.00. The lowest BCUT2D eigenvalue weighted by molar-refractivity contribution is -0.141.